The Balaban J connectivity index is 1.31. The number of carbonyl (C=O) groups excluding carboxylic acids is 2. The van der Waals surface area contributed by atoms with Crippen LogP contribution in [0.25, 0.3) is 0 Å². The lowest BCUT2D eigenvalue weighted by Gasteiger charge is -2.30. The van der Waals surface area contributed by atoms with Crippen molar-refractivity contribution in [3.8, 4) is 0 Å². The third-order valence-electron chi connectivity index (χ3n) is 5.88. The SMILES string of the molecule is O=C(NCc1cccnc1)Nc1ccc(S(=O)(=O)N2CCC(C(=O)c3ccc(F)cc3)CC2)cc1. The van der Waals surface area contributed by atoms with Gasteiger partial charge in [-0.3, -0.25) is 9.78 Å². The topological polar surface area (TPSA) is 108 Å². The summed E-state index contributed by atoms with van der Waals surface area (Å²) in [6.07, 6.45) is 4.09. The van der Waals surface area contributed by atoms with Gasteiger partial charge in [-0.25, -0.2) is 17.6 Å². The number of nitrogens with one attached hydrogen (secondary N) is 2. The van der Waals surface area contributed by atoms with Crippen LogP contribution in [0.1, 0.15) is 28.8 Å². The van der Waals surface area contributed by atoms with E-state index in [2.05, 4.69) is 15.6 Å². The van der Waals surface area contributed by atoms with Gasteiger partial charge in [0.2, 0.25) is 10.0 Å². The van der Waals surface area contributed by atoms with Crippen molar-refractivity contribution < 1.29 is 22.4 Å². The summed E-state index contributed by atoms with van der Waals surface area (Å²) >= 11 is 0. The number of ketones is 1. The number of amides is 2. The van der Waals surface area contributed by atoms with E-state index in [1.165, 1.54) is 52.8 Å². The largest absolute Gasteiger partial charge is 0.334 e. The molecular weight excluding hydrogens is 471 g/mol. The van der Waals surface area contributed by atoms with Gasteiger partial charge in [0, 0.05) is 49.2 Å². The summed E-state index contributed by atoms with van der Waals surface area (Å²) in [5, 5.41) is 5.38. The third-order valence-corrected chi connectivity index (χ3v) is 7.79. The van der Waals surface area contributed by atoms with Gasteiger partial charge in [-0.05, 0) is 73.0 Å². The van der Waals surface area contributed by atoms with Gasteiger partial charge in [0.25, 0.3) is 0 Å². The number of hydrogen-bond donors (Lipinski definition) is 2. The van der Waals surface area contributed by atoms with E-state index in [9.17, 15) is 22.4 Å². The van der Waals surface area contributed by atoms with Gasteiger partial charge in [-0.15, -0.1) is 0 Å². The maximum absolute atomic E-state index is 13.1. The average molecular weight is 497 g/mol. The molecule has 0 unspecified atom stereocenters. The summed E-state index contributed by atoms with van der Waals surface area (Å²) < 4.78 is 40.6. The van der Waals surface area contributed by atoms with Gasteiger partial charge in [-0.1, -0.05) is 6.07 Å². The van der Waals surface area contributed by atoms with Gasteiger partial charge in [0.1, 0.15) is 5.82 Å². The maximum Gasteiger partial charge on any atom is 0.319 e. The first kappa shape index (κ1) is 24.5. The predicted molar refractivity (Wildman–Crippen MR) is 129 cm³/mol. The summed E-state index contributed by atoms with van der Waals surface area (Å²) in [7, 11) is -3.74. The molecule has 0 bridgehead atoms. The smallest absolute Gasteiger partial charge is 0.319 e. The Morgan fingerprint density at radius 3 is 2.31 bits per heavy atom. The molecule has 35 heavy (non-hydrogen) atoms. The summed E-state index contributed by atoms with van der Waals surface area (Å²) in [6.45, 7) is 0.749. The molecule has 8 nitrogen and oxygen atoms in total. The number of urea groups is 1. The Bertz CT molecular complexity index is 1280. The molecule has 4 rings (SSSR count). The Labute approximate surface area is 203 Å². The Morgan fingerprint density at radius 2 is 1.69 bits per heavy atom. The van der Waals surface area contributed by atoms with Crippen molar-refractivity contribution >= 4 is 27.5 Å². The van der Waals surface area contributed by atoms with E-state index in [1.807, 2.05) is 6.07 Å². The summed E-state index contributed by atoms with van der Waals surface area (Å²) in [4.78, 5) is 28.9. The molecular formula is C25H25FN4O4S. The molecule has 10 heteroatoms. The number of Topliss-reactive ketones (excluding diaryl/α,β-unsaturated/α-hetero) is 1. The molecule has 1 aromatic heterocycles. The van der Waals surface area contributed by atoms with Crippen LogP contribution in [-0.2, 0) is 16.6 Å². The minimum atomic E-state index is -3.74. The van der Waals surface area contributed by atoms with Crippen molar-refractivity contribution in [1.29, 1.82) is 0 Å². The second-order valence-corrected chi connectivity index (χ2v) is 10.2. The highest BCUT2D eigenvalue weighted by Crippen LogP contribution is 2.27. The van der Waals surface area contributed by atoms with E-state index in [-0.39, 0.29) is 29.7 Å². The molecule has 2 amide bonds. The van der Waals surface area contributed by atoms with Gasteiger partial charge in [-0.2, -0.15) is 4.31 Å². The first-order chi connectivity index (χ1) is 16.8. The Kier molecular flexibility index (Phi) is 7.52. The Hall–Kier alpha value is -3.63. The standard InChI is InChI=1S/C25H25FN4O4S/c26-21-5-3-19(4-6-21)24(31)20-11-14-30(15-12-20)35(33,34)23-9-7-22(8-10-23)29-25(32)28-17-18-2-1-13-27-16-18/h1-10,13,16,20H,11-12,14-15,17H2,(H2,28,29,32). The number of nitrogens with zero attached hydrogens (tertiary/aromatic N) is 2. The Morgan fingerprint density at radius 1 is 1.00 bits per heavy atom. The number of piperidine rings is 1. The minimum Gasteiger partial charge on any atom is -0.334 e. The highest BCUT2D eigenvalue weighted by Gasteiger charge is 2.32. The van der Waals surface area contributed by atoms with Crippen LogP contribution in [0, 0.1) is 11.7 Å². The molecule has 0 saturated carbocycles. The molecule has 1 fully saturated rings. The van der Waals surface area contributed by atoms with Crippen LogP contribution in [0.4, 0.5) is 14.9 Å². The molecule has 1 aliphatic heterocycles. The monoisotopic (exact) mass is 496 g/mol. The van der Waals surface area contributed by atoms with Crippen LogP contribution in [0.3, 0.4) is 0 Å². The zero-order valence-corrected chi connectivity index (χ0v) is 19.7. The number of sulfonamides is 1. The first-order valence-electron chi connectivity index (χ1n) is 11.2. The van der Waals surface area contributed by atoms with Crippen molar-refractivity contribution in [1.82, 2.24) is 14.6 Å². The van der Waals surface area contributed by atoms with Crippen LogP contribution in [0.5, 0.6) is 0 Å². The lowest BCUT2D eigenvalue weighted by Crippen LogP contribution is -2.40. The molecule has 0 radical (unpaired) electrons. The molecule has 1 aliphatic rings. The first-order valence-corrected chi connectivity index (χ1v) is 12.6. The van der Waals surface area contributed by atoms with Gasteiger partial charge < -0.3 is 10.6 Å². The second kappa shape index (κ2) is 10.7. The van der Waals surface area contributed by atoms with E-state index in [0.717, 1.165) is 5.56 Å². The van der Waals surface area contributed by atoms with E-state index >= 15 is 0 Å². The number of benzene rings is 2. The fourth-order valence-electron chi connectivity index (χ4n) is 3.93. The van der Waals surface area contributed by atoms with E-state index in [0.29, 0.717) is 30.6 Å². The molecule has 2 heterocycles. The van der Waals surface area contributed by atoms with Crippen LogP contribution in [-0.4, -0.2) is 42.6 Å². The van der Waals surface area contributed by atoms with Crippen molar-refractivity contribution in [3.63, 3.8) is 0 Å². The fraction of sp³-hybridized carbons (Fsp3) is 0.240. The minimum absolute atomic E-state index is 0.0979. The van der Waals surface area contributed by atoms with Crippen molar-refractivity contribution in [2.75, 3.05) is 18.4 Å². The highest BCUT2D eigenvalue weighted by molar-refractivity contribution is 7.89. The molecule has 0 spiro atoms. The number of hydrogen-bond acceptors (Lipinski definition) is 5. The van der Waals surface area contributed by atoms with E-state index < -0.39 is 21.9 Å². The van der Waals surface area contributed by atoms with Crippen molar-refractivity contribution in [3.05, 3.63) is 90.0 Å². The number of halogens is 1. The molecule has 1 saturated heterocycles. The maximum atomic E-state index is 13.1. The normalized spacial score (nSPS) is 14.9. The zero-order chi connectivity index (χ0) is 24.8. The highest BCUT2D eigenvalue weighted by atomic mass is 32.2. The lowest BCUT2D eigenvalue weighted by molar-refractivity contribution is 0.0875. The molecule has 3 aromatic rings. The quantitative estimate of drug-likeness (QED) is 0.484. The van der Waals surface area contributed by atoms with Crippen LogP contribution in [0.15, 0.2) is 78.0 Å². The van der Waals surface area contributed by atoms with Crippen LogP contribution < -0.4 is 10.6 Å². The summed E-state index contributed by atoms with van der Waals surface area (Å²) in [5.74, 6) is -0.808. The number of rotatable bonds is 7. The van der Waals surface area contributed by atoms with Crippen molar-refractivity contribution in [2.45, 2.75) is 24.3 Å². The van der Waals surface area contributed by atoms with E-state index in [1.54, 1.807) is 18.5 Å². The number of anilines is 1. The predicted octanol–water partition coefficient (Wildman–Crippen LogP) is 3.83. The second-order valence-electron chi connectivity index (χ2n) is 8.24. The van der Waals surface area contributed by atoms with Gasteiger partial charge >= 0.3 is 6.03 Å². The van der Waals surface area contributed by atoms with Crippen LogP contribution >= 0.6 is 0 Å². The number of pyridine rings is 1. The molecule has 182 valence electrons. The number of carbonyl (C=O) groups is 2. The summed E-state index contributed by atoms with van der Waals surface area (Å²) in [5.41, 5.74) is 1.74. The van der Waals surface area contributed by atoms with Crippen LogP contribution in [0.2, 0.25) is 0 Å². The molecule has 2 aromatic carbocycles. The summed E-state index contributed by atoms with van der Waals surface area (Å²) in [6, 6.07) is 14.6. The van der Waals surface area contributed by atoms with Gasteiger partial charge in [0.05, 0.1) is 4.90 Å². The fourth-order valence-corrected chi connectivity index (χ4v) is 5.40. The van der Waals surface area contributed by atoms with Crippen molar-refractivity contribution in [2.24, 2.45) is 5.92 Å². The van der Waals surface area contributed by atoms with Gasteiger partial charge in [0.15, 0.2) is 5.78 Å². The molecule has 2 N–H and O–H groups in total. The van der Waals surface area contributed by atoms with E-state index in [4.69, 9.17) is 0 Å². The average Bonchev–Trinajstić information content (AvgIpc) is 2.88. The molecule has 0 atom stereocenters. The third kappa shape index (κ3) is 6.09. The lowest BCUT2D eigenvalue weighted by atomic mass is 9.90. The molecule has 0 aliphatic carbocycles. The zero-order valence-electron chi connectivity index (χ0n) is 18.9. The number of aromatic nitrogens is 1.